The Balaban J connectivity index is 1.44. The zero-order valence-electron chi connectivity index (χ0n) is 18.5. The first kappa shape index (κ1) is 23.6. The van der Waals surface area contributed by atoms with Crippen molar-refractivity contribution in [2.45, 2.75) is 31.3 Å². The van der Waals surface area contributed by atoms with E-state index in [9.17, 15) is 23.6 Å². The summed E-state index contributed by atoms with van der Waals surface area (Å²) >= 11 is 0. The minimum Gasteiger partial charge on any atom is -0.486 e. The number of nitrogens with zero attached hydrogens (tertiary/aromatic N) is 3. The number of anilines is 1. The van der Waals surface area contributed by atoms with E-state index in [2.05, 4.69) is 16.4 Å². The highest BCUT2D eigenvalue weighted by molar-refractivity contribution is 5.94. The minimum absolute atomic E-state index is 0.0949. The SMILES string of the molecule is COCC(=O)N1CC[C@H](Oc2ccc(-c3ccnc(NC(=O)[C@@H]4C[C@H]4F)c3)cc2C#N)[C@H](F)C1. The smallest absolute Gasteiger partial charge is 0.248 e. The maximum atomic E-state index is 14.7. The summed E-state index contributed by atoms with van der Waals surface area (Å²) in [6.45, 7) is 0.140. The van der Waals surface area contributed by atoms with Crippen LogP contribution < -0.4 is 10.1 Å². The monoisotopic (exact) mass is 470 g/mol. The summed E-state index contributed by atoms with van der Waals surface area (Å²) in [5.74, 6) is -0.776. The van der Waals surface area contributed by atoms with Gasteiger partial charge in [0, 0.05) is 26.3 Å². The number of benzene rings is 1. The standard InChI is InChI=1S/C24H24F2N4O4/c1-33-13-23(31)30-7-5-21(19(26)12-30)34-20-3-2-14(8-16(20)11-27)15-4-6-28-22(9-15)29-24(32)17-10-18(17)25/h2-4,6,8-9,17-19,21H,5,7,10,12-13H2,1H3,(H,28,29,32)/t17-,18-,19-,21+/m1/s1. The van der Waals surface area contributed by atoms with Crippen molar-refractivity contribution in [3.8, 4) is 22.9 Å². The predicted octanol–water partition coefficient (Wildman–Crippen LogP) is 2.88. The molecular weight excluding hydrogens is 446 g/mol. The molecule has 2 fully saturated rings. The third kappa shape index (κ3) is 5.31. The number of likely N-dealkylation sites (tertiary alicyclic amines) is 1. The number of nitrogens with one attached hydrogen (secondary N) is 1. The molecule has 178 valence electrons. The zero-order valence-corrected chi connectivity index (χ0v) is 18.5. The normalized spacial score (nSPS) is 23.6. The van der Waals surface area contributed by atoms with Gasteiger partial charge in [0.25, 0.3) is 0 Å². The number of piperidine rings is 1. The van der Waals surface area contributed by atoms with Crippen LogP contribution in [0.3, 0.4) is 0 Å². The molecule has 1 saturated carbocycles. The Morgan fingerprint density at radius 3 is 2.68 bits per heavy atom. The third-order valence-corrected chi connectivity index (χ3v) is 5.87. The van der Waals surface area contributed by atoms with Crippen LogP contribution in [-0.4, -0.2) is 67.0 Å². The molecule has 4 atom stereocenters. The summed E-state index contributed by atoms with van der Waals surface area (Å²) in [6, 6.07) is 10.4. The summed E-state index contributed by atoms with van der Waals surface area (Å²) in [6.07, 6.45) is -1.27. The molecule has 1 aliphatic carbocycles. The summed E-state index contributed by atoms with van der Waals surface area (Å²) in [4.78, 5) is 29.4. The largest absolute Gasteiger partial charge is 0.486 e. The number of halogens is 2. The van der Waals surface area contributed by atoms with Crippen LogP contribution in [0, 0.1) is 17.2 Å². The number of alkyl halides is 2. The van der Waals surface area contributed by atoms with E-state index >= 15 is 0 Å². The second-order valence-corrected chi connectivity index (χ2v) is 8.33. The van der Waals surface area contributed by atoms with Crippen LogP contribution in [0.4, 0.5) is 14.6 Å². The van der Waals surface area contributed by atoms with Gasteiger partial charge in [-0.1, -0.05) is 6.07 Å². The summed E-state index contributed by atoms with van der Waals surface area (Å²) < 4.78 is 38.4. The molecule has 10 heteroatoms. The van der Waals surface area contributed by atoms with Crippen molar-refractivity contribution in [3.63, 3.8) is 0 Å². The topological polar surface area (TPSA) is 105 Å². The number of carbonyl (C=O) groups is 2. The minimum atomic E-state index is -1.40. The van der Waals surface area contributed by atoms with Gasteiger partial charge in [0.05, 0.1) is 18.0 Å². The van der Waals surface area contributed by atoms with Gasteiger partial charge in [0.15, 0.2) is 6.17 Å². The fraction of sp³-hybridized carbons (Fsp3) is 0.417. The molecule has 2 amide bonds. The number of rotatable bonds is 7. The van der Waals surface area contributed by atoms with Crippen molar-refractivity contribution in [2.24, 2.45) is 5.92 Å². The second kappa shape index (κ2) is 10.1. The number of amides is 2. The van der Waals surface area contributed by atoms with E-state index in [1.54, 1.807) is 30.3 Å². The number of methoxy groups -OCH3 is 1. The summed E-state index contributed by atoms with van der Waals surface area (Å²) in [7, 11) is 1.41. The molecule has 2 aromatic rings. The van der Waals surface area contributed by atoms with E-state index in [-0.39, 0.29) is 49.0 Å². The molecule has 2 heterocycles. The van der Waals surface area contributed by atoms with E-state index in [4.69, 9.17) is 9.47 Å². The van der Waals surface area contributed by atoms with Crippen LogP contribution >= 0.6 is 0 Å². The number of ether oxygens (including phenoxy) is 2. The number of carbonyl (C=O) groups excluding carboxylic acids is 2. The predicted molar refractivity (Wildman–Crippen MR) is 118 cm³/mol. The highest BCUT2D eigenvalue weighted by Gasteiger charge is 2.43. The Morgan fingerprint density at radius 2 is 2.00 bits per heavy atom. The zero-order chi connectivity index (χ0) is 24.2. The quantitative estimate of drug-likeness (QED) is 0.667. The molecule has 2 aliphatic rings. The molecular formula is C24H24F2N4O4. The van der Waals surface area contributed by atoms with E-state index < -0.39 is 30.3 Å². The van der Waals surface area contributed by atoms with Gasteiger partial charge in [-0.15, -0.1) is 0 Å². The third-order valence-electron chi connectivity index (χ3n) is 5.87. The highest BCUT2D eigenvalue weighted by Crippen LogP contribution is 2.35. The van der Waals surface area contributed by atoms with Crippen LogP contribution in [0.1, 0.15) is 18.4 Å². The average Bonchev–Trinajstić information content (AvgIpc) is 3.57. The van der Waals surface area contributed by atoms with E-state index in [0.717, 1.165) is 0 Å². The van der Waals surface area contributed by atoms with Crippen molar-refractivity contribution < 1.29 is 27.8 Å². The van der Waals surface area contributed by atoms with Crippen molar-refractivity contribution >= 4 is 17.6 Å². The lowest BCUT2D eigenvalue weighted by molar-refractivity contribution is -0.139. The first-order valence-electron chi connectivity index (χ1n) is 10.9. The number of hydrogen-bond donors (Lipinski definition) is 1. The first-order chi connectivity index (χ1) is 16.4. The number of aromatic nitrogens is 1. The summed E-state index contributed by atoms with van der Waals surface area (Å²) in [5, 5.41) is 12.2. The molecule has 0 radical (unpaired) electrons. The van der Waals surface area contributed by atoms with E-state index in [1.807, 2.05) is 0 Å². The van der Waals surface area contributed by atoms with Crippen LogP contribution in [0.2, 0.25) is 0 Å². The maximum absolute atomic E-state index is 14.7. The van der Waals surface area contributed by atoms with Crippen LogP contribution in [0.5, 0.6) is 5.75 Å². The Kier molecular flexibility index (Phi) is 7.03. The van der Waals surface area contributed by atoms with Gasteiger partial charge in [0.2, 0.25) is 11.8 Å². The van der Waals surface area contributed by atoms with E-state index in [1.165, 1.54) is 18.2 Å². The van der Waals surface area contributed by atoms with Gasteiger partial charge in [-0.3, -0.25) is 9.59 Å². The van der Waals surface area contributed by atoms with Gasteiger partial charge in [-0.25, -0.2) is 13.8 Å². The molecule has 1 saturated heterocycles. The lowest BCUT2D eigenvalue weighted by Crippen LogP contribution is -2.50. The Morgan fingerprint density at radius 1 is 1.24 bits per heavy atom. The van der Waals surface area contributed by atoms with Gasteiger partial charge in [-0.05, 0) is 41.8 Å². The van der Waals surface area contributed by atoms with Crippen molar-refractivity contribution in [2.75, 3.05) is 32.1 Å². The molecule has 0 bridgehead atoms. The lowest BCUT2D eigenvalue weighted by atomic mass is 10.0. The Labute approximate surface area is 195 Å². The van der Waals surface area contributed by atoms with Gasteiger partial charge in [0.1, 0.15) is 36.5 Å². The maximum Gasteiger partial charge on any atom is 0.248 e. The first-order valence-corrected chi connectivity index (χ1v) is 10.9. The highest BCUT2D eigenvalue weighted by atomic mass is 19.1. The molecule has 1 N–H and O–H groups in total. The van der Waals surface area contributed by atoms with E-state index in [0.29, 0.717) is 17.7 Å². The molecule has 1 aromatic heterocycles. The van der Waals surface area contributed by atoms with Crippen molar-refractivity contribution in [1.82, 2.24) is 9.88 Å². The van der Waals surface area contributed by atoms with Crippen LogP contribution in [-0.2, 0) is 14.3 Å². The van der Waals surface area contributed by atoms with Gasteiger partial charge >= 0.3 is 0 Å². The molecule has 1 aliphatic heterocycles. The number of hydrogen-bond acceptors (Lipinski definition) is 6. The molecule has 8 nitrogen and oxygen atoms in total. The average molecular weight is 470 g/mol. The fourth-order valence-corrected chi connectivity index (χ4v) is 3.85. The summed E-state index contributed by atoms with van der Waals surface area (Å²) in [5.41, 5.74) is 1.59. The molecule has 0 spiro atoms. The van der Waals surface area contributed by atoms with Crippen molar-refractivity contribution in [3.05, 3.63) is 42.1 Å². The fourth-order valence-electron chi connectivity index (χ4n) is 3.85. The number of pyridine rings is 1. The molecule has 0 unspecified atom stereocenters. The number of nitriles is 1. The molecule has 4 rings (SSSR count). The van der Waals surface area contributed by atoms with Crippen LogP contribution in [0.15, 0.2) is 36.5 Å². The van der Waals surface area contributed by atoms with Crippen molar-refractivity contribution in [1.29, 1.82) is 5.26 Å². The lowest BCUT2D eigenvalue weighted by Gasteiger charge is -2.34. The van der Waals surface area contributed by atoms with Crippen LogP contribution in [0.25, 0.3) is 11.1 Å². The Hall–Kier alpha value is -3.58. The molecule has 34 heavy (non-hydrogen) atoms. The second-order valence-electron chi connectivity index (χ2n) is 8.33. The molecule has 1 aromatic carbocycles. The van der Waals surface area contributed by atoms with Gasteiger partial charge < -0.3 is 19.7 Å². The Bertz CT molecular complexity index is 1120. The van der Waals surface area contributed by atoms with Gasteiger partial charge in [-0.2, -0.15) is 5.26 Å².